The lowest BCUT2D eigenvalue weighted by Gasteiger charge is -2.37. The standard InChI is InChI=1S/C18H26ClN3O4/c1-2-20-18(25)21-8-6-15(7-9-21)22(13-17(23)24)10-11-26-16-5-3-4-14(19)12-16/h3-5,12,15H,2,6-11,13H2,1H3,(H,20,25)(H,23,24). The quantitative estimate of drug-likeness (QED) is 0.719. The van der Waals surface area contributed by atoms with E-state index >= 15 is 0 Å². The number of halogens is 1. The molecule has 0 aliphatic carbocycles. The van der Waals surface area contributed by atoms with Crippen LogP contribution in [0.2, 0.25) is 5.02 Å². The molecule has 0 spiro atoms. The van der Waals surface area contributed by atoms with Gasteiger partial charge < -0.3 is 20.1 Å². The van der Waals surface area contributed by atoms with Crippen LogP contribution in [0.5, 0.6) is 5.75 Å². The Labute approximate surface area is 158 Å². The molecular weight excluding hydrogens is 358 g/mol. The SMILES string of the molecule is CCNC(=O)N1CCC(N(CCOc2cccc(Cl)c2)CC(=O)O)CC1. The number of nitrogens with one attached hydrogen (secondary N) is 1. The van der Waals surface area contributed by atoms with Crippen molar-refractivity contribution in [2.75, 3.05) is 39.3 Å². The molecule has 1 fully saturated rings. The summed E-state index contributed by atoms with van der Waals surface area (Å²) in [5.41, 5.74) is 0. The van der Waals surface area contributed by atoms with Crippen LogP contribution in [-0.2, 0) is 4.79 Å². The number of piperidine rings is 1. The highest BCUT2D eigenvalue weighted by Gasteiger charge is 2.27. The summed E-state index contributed by atoms with van der Waals surface area (Å²) < 4.78 is 5.69. The Kier molecular flexibility index (Phi) is 8.00. The van der Waals surface area contributed by atoms with Crippen molar-refractivity contribution in [1.82, 2.24) is 15.1 Å². The fourth-order valence-corrected chi connectivity index (χ4v) is 3.28. The lowest BCUT2D eigenvalue weighted by atomic mass is 10.0. The summed E-state index contributed by atoms with van der Waals surface area (Å²) >= 11 is 5.93. The van der Waals surface area contributed by atoms with Gasteiger partial charge >= 0.3 is 12.0 Å². The highest BCUT2D eigenvalue weighted by Crippen LogP contribution is 2.19. The largest absolute Gasteiger partial charge is 0.492 e. The Bertz CT molecular complexity index is 606. The third kappa shape index (κ3) is 6.38. The minimum Gasteiger partial charge on any atom is -0.492 e. The van der Waals surface area contributed by atoms with Crippen LogP contribution in [0, 0.1) is 0 Å². The van der Waals surface area contributed by atoms with Crippen LogP contribution in [0.25, 0.3) is 0 Å². The van der Waals surface area contributed by atoms with E-state index in [2.05, 4.69) is 5.32 Å². The lowest BCUT2D eigenvalue weighted by Crippen LogP contribution is -2.51. The minimum absolute atomic E-state index is 0.0370. The van der Waals surface area contributed by atoms with Crippen molar-refractivity contribution in [1.29, 1.82) is 0 Å². The normalized spacial score (nSPS) is 15.1. The van der Waals surface area contributed by atoms with Gasteiger partial charge in [0, 0.05) is 37.2 Å². The van der Waals surface area contributed by atoms with Crippen LogP contribution < -0.4 is 10.1 Å². The number of benzene rings is 1. The number of aliphatic carboxylic acids is 1. The number of nitrogens with zero attached hydrogens (tertiary/aromatic N) is 2. The smallest absolute Gasteiger partial charge is 0.317 e. The van der Waals surface area contributed by atoms with Crippen LogP contribution in [0.4, 0.5) is 4.79 Å². The van der Waals surface area contributed by atoms with Crippen LogP contribution in [-0.4, -0.2) is 72.3 Å². The van der Waals surface area contributed by atoms with Crippen LogP contribution in [0.1, 0.15) is 19.8 Å². The van der Waals surface area contributed by atoms with Gasteiger partial charge in [-0.05, 0) is 38.0 Å². The van der Waals surface area contributed by atoms with Gasteiger partial charge in [-0.15, -0.1) is 0 Å². The van der Waals surface area contributed by atoms with Crippen LogP contribution >= 0.6 is 11.6 Å². The Morgan fingerprint density at radius 3 is 2.73 bits per heavy atom. The molecule has 1 heterocycles. The summed E-state index contributed by atoms with van der Waals surface area (Å²) in [6.07, 6.45) is 1.50. The number of ether oxygens (including phenoxy) is 1. The Hall–Kier alpha value is -1.99. The molecule has 1 aliphatic rings. The molecule has 1 aliphatic heterocycles. The number of carbonyl (C=O) groups excluding carboxylic acids is 1. The van der Waals surface area contributed by atoms with Crippen molar-refractivity contribution in [3.63, 3.8) is 0 Å². The average Bonchev–Trinajstić information content (AvgIpc) is 2.61. The van der Waals surface area contributed by atoms with E-state index in [1.54, 1.807) is 17.0 Å². The third-order valence-corrected chi connectivity index (χ3v) is 4.61. The highest BCUT2D eigenvalue weighted by molar-refractivity contribution is 6.30. The zero-order chi connectivity index (χ0) is 18.9. The van der Waals surface area contributed by atoms with Gasteiger partial charge in [-0.3, -0.25) is 9.69 Å². The van der Waals surface area contributed by atoms with E-state index in [0.29, 0.717) is 43.6 Å². The predicted molar refractivity (Wildman–Crippen MR) is 99.8 cm³/mol. The number of carboxylic acid groups (broad SMARTS) is 1. The number of hydrogen-bond acceptors (Lipinski definition) is 4. The van der Waals surface area contributed by atoms with Crippen molar-refractivity contribution >= 4 is 23.6 Å². The highest BCUT2D eigenvalue weighted by atomic mass is 35.5. The summed E-state index contributed by atoms with van der Waals surface area (Å²) in [4.78, 5) is 26.8. The fraction of sp³-hybridized carbons (Fsp3) is 0.556. The number of carboxylic acids is 1. The van der Waals surface area contributed by atoms with Gasteiger partial charge in [0.05, 0.1) is 6.54 Å². The summed E-state index contributed by atoms with van der Waals surface area (Å²) in [5, 5.41) is 12.6. The molecule has 0 aromatic heterocycles. The minimum atomic E-state index is -0.862. The number of rotatable bonds is 8. The molecule has 0 atom stereocenters. The van der Waals surface area contributed by atoms with E-state index in [9.17, 15) is 14.7 Å². The molecule has 2 amide bonds. The number of likely N-dealkylation sites (tertiary alicyclic amines) is 1. The Morgan fingerprint density at radius 2 is 2.12 bits per heavy atom. The Balaban J connectivity index is 1.85. The summed E-state index contributed by atoms with van der Waals surface area (Å²) in [7, 11) is 0. The number of hydrogen-bond donors (Lipinski definition) is 2. The van der Waals surface area contributed by atoms with E-state index in [1.165, 1.54) is 0 Å². The van der Waals surface area contributed by atoms with E-state index in [-0.39, 0.29) is 18.6 Å². The first-order valence-electron chi connectivity index (χ1n) is 8.86. The van der Waals surface area contributed by atoms with Crippen molar-refractivity contribution in [3.05, 3.63) is 29.3 Å². The molecule has 0 saturated carbocycles. The molecule has 0 radical (unpaired) electrons. The van der Waals surface area contributed by atoms with Crippen molar-refractivity contribution < 1.29 is 19.4 Å². The fourth-order valence-electron chi connectivity index (χ4n) is 3.10. The van der Waals surface area contributed by atoms with Crippen molar-refractivity contribution in [2.45, 2.75) is 25.8 Å². The van der Waals surface area contributed by atoms with Gasteiger partial charge in [0.15, 0.2) is 0 Å². The van der Waals surface area contributed by atoms with Crippen molar-refractivity contribution in [3.8, 4) is 5.75 Å². The molecule has 2 rings (SSSR count). The maximum atomic E-state index is 11.9. The van der Waals surface area contributed by atoms with Gasteiger partial charge in [0.1, 0.15) is 12.4 Å². The van der Waals surface area contributed by atoms with Gasteiger partial charge in [-0.1, -0.05) is 17.7 Å². The average molecular weight is 384 g/mol. The van der Waals surface area contributed by atoms with Gasteiger partial charge in [-0.2, -0.15) is 0 Å². The van der Waals surface area contributed by atoms with E-state index in [1.807, 2.05) is 24.0 Å². The van der Waals surface area contributed by atoms with Crippen LogP contribution in [0.15, 0.2) is 24.3 Å². The molecule has 1 aromatic rings. The molecule has 2 N–H and O–H groups in total. The number of amides is 2. The van der Waals surface area contributed by atoms with Crippen molar-refractivity contribution in [2.24, 2.45) is 0 Å². The van der Waals surface area contributed by atoms with E-state index < -0.39 is 5.97 Å². The topological polar surface area (TPSA) is 82.1 Å². The molecule has 0 bridgehead atoms. The maximum absolute atomic E-state index is 11.9. The van der Waals surface area contributed by atoms with Gasteiger partial charge in [-0.25, -0.2) is 4.79 Å². The molecule has 8 heteroatoms. The molecule has 144 valence electrons. The van der Waals surface area contributed by atoms with Gasteiger partial charge in [0.2, 0.25) is 0 Å². The number of carbonyl (C=O) groups is 2. The summed E-state index contributed by atoms with van der Waals surface area (Å²) in [6, 6.07) is 7.20. The molecule has 1 saturated heterocycles. The van der Waals surface area contributed by atoms with E-state index in [4.69, 9.17) is 16.3 Å². The first-order valence-corrected chi connectivity index (χ1v) is 9.24. The molecule has 0 unspecified atom stereocenters. The summed E-state index contributed by atoms with van der Waals surface area (Å²) in [6.45, 7) is 4.59. The summed E-state index contributed by atoms with van der Waals surface area (Å²) in [5.74, 6) is -0.197. The lowest BCUT2D eigenvalue weighted by molar-refractivity contribution is -0.139. The molecule has 1 aromatic carbocycles. The molecule has 7 nitrogen and oxygen atoms in total. The maximum Gasteiger partial charge on any atom is 0.317 e. The van der Waals surface area contributed by atoms with Gasteiger partial charge in [0.25, 0.3) is 0 Å². The third-order valence-electron chi connectivity index (χ3n) is 4.38. The van der Waals surface area contributed by atoms with E-state index in [0.717, 1.165) is 12.8 Å². The second-order valence-electron chi connectivity index (χ2n) is 6.22. The number of urea groups is 1. The molecular formula is C18H26ClN3O4. The zero-order valence-electron chi connectivity index (χ0n) is 15.0. The second-order valence-corrected chi connectivity index (χ2v) is 6.66. The first kappa shape index (κ1) is 20.3. The molecule has 26 heavy (non-hydrogen) atoms. The van der Waals surface area contributed by atoms with Crippen LogP contribution in [0.3, 0.4) is 0 Å². The predicted octanol–water partition coefficient (Wildman–Crippen LogP) is 2.30. The zero-order valence-corrected chi connectivity index (χ0v) is 15.7. The second kappa shape index (κ2) is 10.2. The first-order chi connectivity index (χ1) is 12.5. The Morgan fingerprint density at radius 1 is 1.38 bits per heavy atom. The monoisotopic (exact) mass is 383 g/mol.